The fourth-order valence-electron chi connectivity index (χ4n) is 3.04. The highest BCUT2D eigenvalue weighted by Gasteiger charge is 2.36. The van der Waals surface area contributed by atoms with Gasteiger partial charge in [-0.05, 0) is 30.7 Å². The molecular weight excluding hydrogens is 344 g/mol. The van der Waals surface area contributed by atoms with Crippen LogP contribution in [0.25, 0.3) is 0 Å². The summed E-state index contributed by atoms with van der Waals surface area (Å²) in [5.74, 6) is 1.13. The van der Waals surface area contributed by atoms with E-state index in [-0.39, 0.29) is 23.8 Å². The van der Waals surface area contributed by atoms with Gasteiger partial charge in [-0.25, -0.2) is 5.43 Å². The molecule has 3 atom stereocenters. The molecule has 4 nitrogen and oxygen atoms in total. The zero-order valence-corrected chi connectivity index (χ0v) is 14.1. The summed E-state index contributed by atoms with van der Waals surface area (Å²) in [7, 11) is 1.59. The molecule has 1 fully saturated rings. The number of benzene rings is 2. The van der Waals surface area contributed by atoms with Crippen LogP contribution >= 0.6 is 15.9 Å². The SMILES string of the molecule is COc1ccc(C2NNC(C)C2c2ccc(Br)cc2)c(O)c1. The van der Waals surface area contributed by atoms with Crippen molar-refractivity contribution in [2.24, 2.45) is 0 Å². The molecule has 116 valence electrons. The third-order valence-corrected chi connectivity index (χ3v) is 4.72. The number of rotatable bonds is 3. The van der Waals surface area contributed by atoms with Crippen LogP contribution in [0.3, 0.4) is 0 Å². The molecule has 0 bridgehead atoms. The van der Waals surface area contributed by atoms with Crippen molar-refractivity contribution in [1.82, 2.24) is 10.9 Å². The van der Waals surface area contributed by atoms with Crippen LogP contribution in [-0.2, 0) is 0 Å². The minimum atomic E-state index is 0.00193. The van der Waals surface area contributed by atoms with E-state index >= 15 is 0 Å². The van der Waals surface area contributed by atoms with E-state index in [0.29, 0.717) is 5.75 Å². The first-order valence-electron chi connectivity index (χ1n) is 7.23. The van der Waals surface area contributed by atoms with Crippen LogP contribution in [0.5, 0.6) is 11.5 Å². The molecule has 5 heteroatoms. The van der Waals surface area contributed by atoms with Gasteiger partial charge < -0.3 is 9.84 Å². The van der Waals surface area contributed by atoms with E-state index in [1.807, 2.05) is 24.3 Å². The van der Waals surface area contributed by atoms with Gasteiger partial charge in [0.1, 0.15) is 11.5 Å². The molecule has 0 aromatic heterocycles. The molecule has 0 saturated carbocycles. The Morgan fingerprint density at radius 1 is 1.09 bits per heavy atom. The summed E-state index contributed by atoms with van der Waals surface area (Å²) in [5, 5.41) is 10.3. The fourth-order valence-corrected chi connectivity index (χ4v) is 3.30. The molecule has 1 aliphatic heterocycles. The Morgan fingerprint density at radius 2 is 1.82 bits per heavy atom. The summed E-state index contributed by atoms with van der Waals surface area (Å²) in [6.45, 7) is 2.14. The highest BCUT2D eigenvalue weighted by molar-refractivity contribution is 9.10. The number of phenolic OH excluding ortho intramolecular Hbond substituents is 1. The Morgan fingerprint density at radius 3 is 2.45 bits per heavy atom. The lowest BCUT2D eigenvalue weighted by atomic mass is 9.84. The summed E-state index contributed by atoms with van der Waals surface area (Å²) >= 11 is 3.47. The molecule has 22 heavy (non-hydrogen) atoms. The first-order chi connectivity index (χ1) is 10.6. The van der Waals surface area contributed by atoms with Crippen molar-refractivity contribution in [3.63, 3.8) is 0 Å². The summed E-state index contributed by atoms with van der Waals surface area (Å²) in [4.78, 5) is 0. The van der Waals surface area contributed by atoms with E-state index in [1.165, 1.54) is 5.56 Å². The Balaban J connectivity index is 1.97. The molecule has 1 aliphatic rings. The average Bonchev–Trinajstić information content (AvgIpc) is 2.89. The predicted molar refractivity (Wildman–Crippen MR) is 90.0 cm³/mol. The van der Waals surface area contributed by atoms with Crippen molar-refractivity contribution in [3.05, 3.63) is 58.1 Å². The van der Waals surface area contributed by atoms with Gasteiger partial charge >= 0.3 is 0 Å². The van der Waals surface area contributed by atoms with Crippen LogP contribution in [0.15, 0.2) is 46.9 Å². The number of hydrogen-bond donors (Lipinski definition) is 3. The predicted octanol–water partition coefficient (Wildman–Crippen LogP) is 3.48. The van der Waals surface area contributed by atoms with Gasteiger partial charge in [-0.15, -0.1) is 0 Å². The molecule has 1 heterocycles. The smallest absolute Gasteiger partial charge is 0.124 e. The van der Waals surface area contributed by atoms with Crippen LogP contribution in [0.2, 0.25) is 0 Å². The zero-order valence-electron chi connectivity index (χ0n) is 12.5. The highest BCUT2D eigenvalue weighted by Crippen LogP contribution is 2.41. The molecule has 3 N–H and O–H groups in total. The molecule has 2 aromatic rings. The molecule has 0 radical (unpaired) electrons. The average molecular weight is 363 g/mol. The number of ether oxygens (including phenoxy) is 1. The zero-order chi connectivity index (χ0) is 15.7. The number of methoxy groups -OCH3 is 1. The van der Waals surface area contributed by atoms with Gasteiger partial charge in [0.2, 0.25) is 0 Å². The number of hydrogen-bond acceptors (Lipinski definition) is 4. The summed E-state index contributed by atoms with van der Waals surface area (Å²) in [6, 6.07) is 14.0. The third kappa shape index (κ3) is 2.84. The van der Waals surface area contributed by atoms with E-state index in [1.54, 1.807) is 13.2 Å². The van der Waals surface area contributed by atoms with Gasteiger partial charge in [-0.3, -0.25) is 5.43 Å². The maximum atomic E-state index is 10.3. The molecular formula is C17H19BrN2O2. The summed E-state index contributed by atoms with van der Waals surface area (Å²) in [6.07, 6.45) is 0. The monoisotopic (exact) mass is 362 g/mol. The molecule has 0 aliphatic carbocycles. The molecule has 3 rings (SSSR count). The maximum absolute atomic E-state index is 10.3. The number of halogens is 1. The van der Waals surface area contributed by atoms with Crippen LogP contribution in [0, 0.1) is 0 Å². The van der Waals surface area contributed by atoms with E-state index < -0.39 is 0 Å². The summed E-state index contributed by atoms with van der Waals surface area (Å²) < 4.78 is 6.22. The Kier molecular flexibility index (Phi) is 4.38. The van der Waals surface area contributed by atoms with Gasteiger partial charge in [-0.2, -0.15) is 0 Å². The van der Waals surface area contributed by atoms with Gasteiger partial charge in [0.05, 0.1) is 13.2 Å². The standard InChI is InChI=1S/C17H19BrN2O2/c1-10-16(11-3-5-12(18)6-4-11)17(20-19-10)14-8-7-13(22-2)9-15(14)21/h3-10,16-17,19-21H,1-2H3. The van der Waals surface area contributed by atoms with E-state index in [4.69, 9.17) is 4.74 Å². The molecule has 0 amide bonds. The normalized spacial score (nSPS) is 24.4. The third-order valence-electron chi connectivity index (χ3n) is 4.19. The van der Waals surface area contributed by atoms with E-state index in [9.17, 15) is 5.11 Å². The summed E-state index contributed by atoms with van der Waals surface area (Å²) in [5.41, 5.74) is 8.68. The van der Waals surface area contributed by atoms with Crippen molar-refractivity contribution in [1.29, 1.82) is 0 Å². The fraction of sp³-hybridized carbons (Fsp3) is 0.294. The van der Waals surface area contributed by atoms with Crippen LogP contribution in [-0.4, -0.2) is 18.3 Å². The van der Waals surface area contributed by atoms with Gasteiger partial charge in [-0.1, -0.05) is 34.1 Å². The minimum absolute atomic E-state index is 0.00193. The maximum Gasteiger partial charge on any atom is 0.124 e. The number of phenols is 1. The molecule has 2 aromatic carbocycles. The second-order valence-electron chi connectivity index (χ2n) is 5.56. The topological polar surface area (TPSA) is 53.5 Å². The lowest BCUT2D eigenvalue weighted by molar-refractivity contribution is 0.403. The second-order valence-corrected chi connectivity index (χ2v) is 6.47. The van der Waals surface area contributed by atoms with Gasteiger partial charge in [0.25, 0.3) is 0 Å². The van der Waals surface area contributed by atoms with Crippen molar-refractivity contribution >= 4 is 15.9 Å². The van der Waals surface area contributed by atoms with E-state index in [0.717, 1.165) is 10.0 Å². The molecule has 0 spiro atoms. The second kappa shape index (κ2) is 6.28. The quantitative estimate of drug-likeness (QED) is 0.782. The molecule has 3 unspecified atom stereocenters. The minimum Gasteiger partial charge on any atom is -0.507 e. The largest absolute Gasteiger partial charge is 0.507 e. The Labute approximate surface area is 138 Å². The number of nitrogens with one attached hydrogen (secondary N) is 2. The van der Waals surface area contributed by atoms with Crippen molar-refractivity contribution in [2.75, 3.05) is 7.11 Å². The first-order valence-corrected chi connectivity index (χ1v) is 8.03. The van der Waals surface area contributed by atoms with E-state index in [2.05, 4.69) is 45.8 Å². The number of aromatic hydroxyl groups is 1. The van der Waals surface area contributed by atoms with Crippen molar-refractivity contribution in [3.8, 4) is 11.5 Å². The Bertz CT molecular complexity index is 660. The van der Waals surface area contributed by atoms with Gasteiger partial charge in [0.15, 0.2) is 0 Å². The van der Waals surface area contributed by atoms with Crippen molar-refractivity contribution in [2.45, 2.75) is 24.9 Å². The number of hydrazine groups is 1. The molecule has 1 saturated heterocycles. The van der Waals surface area contributed by atoms with Crippen LogP contribution in [0.1, 0.15) is 30.0 Å². The van der Waals surface area contributed by atoms with Crippen LogP contribution < -0.4 is 15.6 Å². The van der Waals surface area contributed by atoms with Gasteiger partial charge in [0, 0.05) is 28.1 Å². The lowest BCUT2D eigenvalue weighted by Gasteiger charge is -2.23. The van der Waals surface area contributed by atoms with Crippen molar-refractivity contribution < 1.29 is 9.84 Å². The Hall–Kier alpha value is -1.56. The van der Waals surface area contributed by atoms with Crippen LogP contribution in [0.4, 0.5) is 0 Å². The first kappa shape index (κ1) is 15.3. The lowest BCUT2D eigenvalue weighted by Crippen LogP contribution is -2.29. The highest BCUT2D eigenvalue weighted by atomic mass is 79.9.